The van der Waals surface area contributed by atoms with Crippen LogP contribution in [0.4, 0.5) is 0 Å². The van der Waals surface area contributed by atoms with E-state index in [0.717, 1.165) is 11.1 Å². The van der Waals surface area contributed by atoms with Gasteiger partial charge in [0.15, 0.2) is 0 Å². The minimum absolute atomic E-state index is 0.124. The monoisotopic (exact) mass is 388 g/mol. The molecule has 1 saturated heterocycles. The number of rotatable bonds is 5. The zero-order valence-electron chi connectivity index (χ0n) is 15.5. The van der Waals surface area contributed by atoms with E-state index in [4.69, 9.17) is 4.74 Å². The van der Waals surface area contributed by atoms with Crippen molar-refractivity contribution in [2.45, 2.75) is 31.3 Å². The van der Waals surface area contributed by atoms with Crippen molar-refractivity contribution in [1.82, 2.24) is 9.62 Å². The normalized spacial score (nSPS) is 18.2. The van der Waals surface area contributed by atoms with E-state index in [2.05, 4.69) is 5.32 Å². The molecule has 0 radical (unpaired) electrons. The molecule has 3 rings (SSSR count). The first kappa shape index (κ1) is 19.5. The van der Waals surface area contributed by atoms with E-state index >= 15 is 0 Å². The maximum Gasteiger partial charge on any atom is 0.251 e. The number of nitrogens with one attached hydrogen (secondary N) is 1. The third-order valence-corrected chi connectivity index (χ3v) is 6.55. The molecule has 6 nitrogen and oxygen atoms in total. The van der Waals surface area contributed by atoms with Gasteiger partial charge >= 0.3 is 0 Å². The zero-order chi connectivity index (χ0) is 19.4. The Labute approximate surface area is 160 Å². The summed E-state index contributed by atoms with van der Waals surface area (Å²) in [5.41, 5.74) is 2.44. The van der Waals surface area contributed by atoms with Crippen LogP contribution in [0.5, 0.6) is 0 Å². The second kappa shape index (κ2) is 8.21. The van der Waals surface area contributed by atoms with E-state index in [0.29, 0.717) is 31.9 Å². The first-order chi connectivity index (χ1) is 12.9. The fourth-order valence-electron chi connectivity index (χ4n) is 3.11. The summed E-state index contributed by atoms with van der Waals surface area (Å²) < 4.78 is 32.6. The van der Waals surface area contributed by atoms with Gasteiger partial charge in [-0.3, -0.25) is 4.79 Å². The van der Waals surface area contributed by atoms with Crippen molar-refractivity contribution in [1.29, 1.82) is 0 Å². The van der Waals surface area contributed by atoms with Gasteiger partial charge in [0.05, 0.1) is 18.1 Å². The van der Waals surface area contributed by atoms with Crippen LogP contribution in [0.1, 0.15) is 28.4 Å². The predicted molar refractivity (Wildman–Crippen MR) is 103 cm³/mol. The van der Waals surface area contributed by atoms with Gasteiger partial charge in [-0.25, -0.2) is 8.42 Å². The third-order valence-electron chi connectivity index (χ3n) is 4.55. The largest absolute Gasteiger partial charge is 0.378 e. The lowest BCUT2D eigenvalue weighted by molar-refractivity contribution is 0.0392. The number of sulfonamides is 1. The molecule has 144 valence electrons. The van der Waals surface area contributed by atoms with Crippen LogP contribution in [0.25, 0.3) is 0 Å². The number of hydrogen-bond acceptors (Lipinski definition) is 4. The first-order valence-electron chi connectivity index (χ1n) is 8.91. The van der Waals surface area contributed by atoms with Crippen LogP contribution in [0, 0.1) is 6.92 Å². The van der Waals surface area contributed by atoms with Gasteiger partial charge in [-0.2, -0.15) is 4.31 Å². The summed E-state index contributed by atoms with van der Waals surface area (Å²) in [7, 11) is -3.67. The summed E-state index contributed by atoms with van der Waals surface area (Å²) >= 11 is 0. The topological polar surface area (TPSA) is 75.7 Å². The number of aryl methyl sites for hydroxylation is 1. The minimum atomic E-state index is -3.67. The van der Waals surface area contributed by atoms with E-state index < -0.39 is 10.0 Å². The second-order valence-electron chi connectivity index (χ2n) is 6.74. The highest BCUT2D eigenvalue weighted by atomic mass is 32.2. The van der Waals surface area contributed by atoms with Crippen LogP contribution in [-0.4, -0.2) is 44.4 Å². The molecule has 1 aliphatic heterocycles. The molecule has 1 atom stereocenters. The van der Waals surface area contributed by atoms with Crippen LogP contribution in [-0.2, 0) is 21.3 Å². The SMILES string of the molecule is Cc1cccc(CNC(=O)c2cccc(S(=O)(=O)N3CCOCC3C)c2)c1. The minimum Gasteiger partial charge on any atom is -0.378 e. The summed E-state index contributed by atoms with van der Waals surface area (Å²) in [5.74, 6) is -0.302. The van der Waals surface area contributed by atoms with Crippen LogP contribution >= 0.6 is 0 Å². The fourth-order valence-corrected chi connectivity index (χ4v) is 4.76. The summed E-state index contributed by atoms with van der Waals surface area (Å²) in [6.45, 7) is 5.25. The molecule has 0 spiro atoms. The number of carbonyl (C=O) groups is 1. The standard InChI is InChI=1S/C20H24N2O4S/c1-15-5-3-6-17(11-15)13-21-20(23)18-7-4-8-19(12-18)27(24,25)22-9-10-26-14-16(22)2/h3-8,11-12,16H,9-10,13-14H2,1-2H3,(H,21,23). The van der Waals surface area contributed by atoms with Gasteiger partial charge < -0.3 is 10.1 Å². The van der Waals surface area contributed by atoms with E-state index in [1.807, 2.05) is 38.1 Å². The molecule has 1 unspecified atom stereocenters. The maximum atomic E-state index is 12.9. The molecule has 1 heterocycles. The van der Waals surface area contributed by atoms with Crippen molar-refractivity contribution in [2.75, 3.05) is 19.8 Å². The quantitative estimate of drug-likeness (QED) is 0.853. The molecular formula is C20H24N2O4S. The Balaban J connectivity index is 1.75. The highest BCUT2D eigenvalue weighted by Gasteiger charge is 2.31. The lowest BCUT2D eigenvalue weighted by Gasteiger charge is -2.32. The predicted octanol–water partition coefficient (Wildman–Crippen LogP) is 2.33. The van der Waals surface area contributed by atoms with Gasteiger partial charge in [0.2, 0.25) is 10.0 Å². The summed E-state index contributed by atoms with van der Waals surface area (Å²) in [4.78, 5) is 12.6. The van der Waals surface area contributed by atoms with E-state index in [1.165, 1.54) is 16.4 Å². The Morgan fingerprint density at radius 3 is 2.74 bits per heavy atom. The van der Waals surface area contributed by atoms with E-state index in [9.17, 15) is 13.2 Å². The van der Waals surface area contributed by atoms with Crippen LogP contribution in [0.3, 0.4) is 0 Å². The molecule has 1 amide bonds. The Morgan fingerprint density at radius 2 is 2.00 bits per heavy atom. The number of amides is 1. The van der Waals surface area contributed by atoms with Crippen molar-refractivity contribution >= 4 is 15.9 Å². The van der Waals surface area contributed by atoms with Crippen molar-refractivity contribution in [3.63, 3.8) is 0 Å². The van der Waals surface area contributed by atoms with Crippen LogP contribution in [0.15, 0.2) is 53.4 Å². The molecule has 0 aromatic heterocycles. The maximum absolute atomic E-state index is 12.9. The average Bonchev–Trinajstić information content (AvgIpc) is 2.66. The number of morpholine rings is 1. The van der Waals surface area contributed by atoms with Crippen molar-refractivity contribution < 1.29 is 17.9 Å². The van der Waals surface area contributed by atoms with E-state index in [-0.39, 0.29) is 16.8 Å². The highest BCUT2D eigenvalue weighted by molar-refractivity contribution is 7.89. The van der Waals surface area contributed by atoms with Crippen molar-refractivity contribution in [3.05, 3.63) is 65.2 Å². The molecule has 7 heteroatoms. The average molecular weight is 388 g/mol. The Bertz CT molecular complexity index is 927. The number of ether oxygens (including phenoxy) is 1. The fraction of sp³-hybridized carbons (Fsp3) is 0.350. The Morgan fingerprint density at radius 1 is 1.22 bits per heavy atom. The van der Waals surface area contributed by atoms with Crippen LogP contribution < -0.4 is 5.32 Å². The van der Waals surface area contributed by atoms with Gasteiger partial charge in [0.1, 0.15) is 0 Å². The van der Waals surface area contributed by atoms with Crippen molar-refractivity contribution in [2.24, 2.45) is 0 Å². The van der Waals surface area contributed by atoms with E-state index in [1.54, 1.807) is 12.1 Å². The number of hydrogen-bond donors (Lipinski definition) is 1. The summed E-state index contributed by atoms with van der Waals surface area (Å²) in [6.07, 6.45) is 0. The van der Waals surface area contributed by atoms with Crippen LogP contribution in [0.2, 0.25) is 0 Å². The molecule has 0 bridgehead atoms. The molecule has 2 aromatic rings. The van der Waals surface area contributed by atoms with Gasteiger partial charge in [-0.05, 0) is 37.6 Å². The number of benzene rings is 2. The molecule has 2 aromatic carbocycles. The summed E-state index contributed by atoms with van der Waals surface area (Å²) in [6, 6.07) is 13.8. The smallest absolute Gasteiger partial charge is 0.251 e. The molecule has 1 N–H and O–H groups in total. The highest BCUT2D eigenvalue weighted by Crippen LogP contribution is 2.21. The second-order valence-corrected chi connectivity index (χ2v) is 8.63. The van der Waals surface area contributed by atoms with Gasteiger partial charge in [0, 0.05) is 24.7 Å². The molecule has 1 aliphatic rings. The number of nitrogens with zero attached hydrogens (tertiary/aromatic N) is 1. The summed E-state index contributed by atoms with van der Waals surface area (Å²) in [5, 5.41) is 2.84. The Hall–Kier alpha value is -2.22. The van der Waals surface area contributed by atoms with Gasteiger partial charge in [0.25, 0.3) is 5.91 Å². The Kier molecular flexibility index (Phi) is 5.94. The molecule has 1 fully saturated rings. The lowest BCUT2D eigenvalue weighted by Crippen LogP contribution is -2.46. The van der Waals surface area contributed by atoms with Gasteiger partial charge in [-0.1, -0.05) is 35.9 Å². The molecule has 27 heavy (non-hydrogen) atoms. The zero-order valence-corrected chi connectivity index (χ0v) is 16.3. The lowest BCUT2D eigenvalue weighted by atomic mass is 10.1. The van der Waals surface area contributed by atoms with Gasteiger partial charge in [-0.15, -0.1) is 0 Å². The molecule has 0 aliphatic carbocycles. The molecule has 0 saturated carbocycles. The first-order valence-corrected chi connectivity index (χ1v) is 10.4. The molecular weight excluding hydrogens is 364 g/mol. The third kappa shape index (κ3) is 4.55. The number of carbonyl (C=O) groups excluding carboxylic acids is 1. The van der Waals surface area contributed by atoms with Crippen molar-refractivity contribution in [3.8, 4) is 0 Å².